The number of anilines is 1. The first-order chi connectivity index (χ1) is 9.70. The summed E-state index contributed by atoms with van der Waals surface area (Å²) in [5.74, 6) is -0.527. The van der Waals surface area contributed by atoms with E-state index in [0.29, 0.717) is 15.2 Å². The molecule has 2 rings (SSSR count). The Morgan fingerprint density at radius 1 is 1.14 bits per heavy atom. The van der Waals surface area contributed by atoms with Gasteiger partial charge in [-0.15, -0.1) is 0 Å². The average molecular weight is 458 g/mol. The van der Waals surface area contributed by atoms with Gasteiger partial charge in [-0.2, -0.15) is 0 Å². The molecule has 0 aliphatic carbocycles. The predicted octanol–water partition coefficient (Wildman–Crippen LogP) is 5.11. The molecule has 0 heterocycles. The van der Waals surface area contributed by atoms with Crippen molar-refractivity contribution in [1.29, 1.82) is 0 Å². The first kappa shape index (κ1) is 16.7. The lowest BCUT2D eigenvalue weighted by Crippen LogP contribution is -2.14. The standard InChI is InChI=1S/C13H9Br2ClFNO2S/c1-7-4-9(14)12(6-11(7)16)18-21(19,20)13-3-2-8(17)5-10(13)15/h2-6,18H,1H3. The van der Waals surface area contributed by atoms with E-state index in [1.807, 2.05) is 6.92 Å². The van der Waals surface area contributed by atoms with Gasteiger partial charge in [0.25, 0.3) is 10.0 Å². The molecule has 0 radical (unpaired) electrons. The van der Waals surface area contributed by atoms with Crippen molar-refractivity contribution >= 4 is 59.2 Å². The molecule has 1 N–H and O–H groups in total. The molecule has 0 aliphatic rings. The average Bonchev–Trinajstić information content (AvgIpc) is 2.35. The van der Waals surface area contributed by atoms with Crippen LogP contribution in [0.5, 0.6) is 0 Å². The van der Waals surface area contributed by atoms with Crippen LogP contribution in [0.1, 0.15) is 5.56 Å². The third-order valence-electron chi connectivity index (χ3n) is 2.68. The maximum absolute atomic E-state index is 13.1. The molecule has 0 bridgehead atoms. The molecule has 2 aromatic carbocycles. The summed E-state index contributed by atoms with van der Waals surface area (Å²) in [7, 11) is -3.87. The van der Waals surface area contributed by atoms with Crippen LogP contribution in [0.4, 0.5) is 10.1 Å². The molecular weight excluding hydrogens is 448 g/mol. The SMILES string of the molecule is Cc1cc(Br)c(NS(=O)(=O)c2ccc(F)cc2Br)cc1Cl. The Balaban J connectivity index is 2.45. The van der Waals surface area contributed by atoms with Gasteiger partial charge in [-0.05, 0) is 74.7 Å². The van der Waals surface area contributed by atoms with E-state index in [-0.39, 0.29) is 9.37 Å². The Morgan fingerprint density at radius 3 is 2.43 bits per heavy atom. The zero-order valence-electron chi connectivity index (χ0n) is 10.6. The molecule has 0 atom stereocenters. The van der Waals surface area contributed by atoms with Gasteiger partial charge in [0, 0.05) is 14.0 Å². The lowest BCUT2D eigenvalue weighted by atomic mass is 10.2. The van der Waals surface area contributed by atoms with E-state index in [1.165, 1.54) is 12.1 Å². The summed E-state index contributed by atoms with van der Waals surface area (Å²) in [6.45, 7) is 1.81. The lowest BCUT2D eigenvalue weighted by Gasteiger charge is -2.12. The molecule has 21 heavy (non-hydrogen) atoms. The minimum atomic E-state index is -3.87. The van der Waals surface area contributed by atoms with Crippen LogP contribution in [0.3, 0.4) is 0 Å². The van der Waals surface area contributed by atoms with Crippen molar-refractivity contribution in [3.63, 3.8) is 0 Å². The highest BCUT2D eigenvalue weighted by atomic mass is 79.9. The van der Waals surface area contributed by atoms with Gasteiger partial charge in [-0.25, -0.2) is 12.8 Å². The zero-order valence-corrected chi connectivity index (χ0v) is 15.4. The van der Waals surface area contributed by atoms with Gasteiger partial charge >= 0.3 is 0 Å². The molecular formula is C13H9Br2ClFNO2S. The van der Waals surface area contributed by atoms with Crippen molar-refractivity contribution in [2.75, 3.05) is 4.72 Å². The van der Waals surface area contributed by atoms with E-state index < -0.39 is 15.8 Å². The monoisotopic (exact) mass is 455 g/mol. The Bertz CT molecular complexity index is 812. The first-order valence-corrected chi connectivity index (χ1v) is 9.09. The summed E-state index contributed by atoms with van der Waals surface area (Å²) in [6.07, 6.45) is 0. The van der Waals surface area contributed by atoms with E-state index in [2.05, 4.69) is 36.6 Å². The second-order valence-corrected chi connectivity index (χ2v) is 8.03. The predicted molar refractivity (Wildman–Crippen MR) is 88.8 cm³/mol. The van der Waals surface area contributed by atoms with Crippen LogP contribution >= 0.6 is 43.5 Å². The van der Waals surface area contributed by atoms with Crippen LogP contribution in [0, 0.1) is 12.7 Å². The molecule has 0 saturated heterocycles. The summed E-state index contributed by atoms with van der Waals surface area (Å²) in [6, 6.07) is 6.57. The Kier molecular flexibility index (Phi) is 4.97. The maximum atomic E-state index is 13.1. The fourth-order valence-electron chi connectivity index (χ4n) is 1.62. The highest BCUT2D eigenvalue weighted by molar-refractivity contribution is 9.11. The van der Waals surface area contributed by atoms with Crippen LogP contribution in [0.25, 0.3) is 0 Å². The topological polar surface area (TPSA) is 46.2 Å². The Labute approximate surface area is 143 Å². The molecule has 2 aromatic rings. The van der Waals surface area contributed by atoms with Gasteiger partial charge in [-0.1, -0.05) is 11.6 Å². The van der Waals surface area contributed by atoms with Crippen LogP contribution in [0.15, 0.2) is 44.2 Å². The van der Waals surface area contributed by atoms with Crippen LogP contribution in [-0.4, -0.2) is 8.42 Å². The van der Waals surface area contributed by atoms with Crippen molar-refractivity contribution < 1.29 is 12.8 Å². The Hall–Kier alpha value is -0.630. The first-order valence-electron chi connectivity index (χ1n) is 5.64. The van der Waals surface area contributed by atoms with Gasteiger partial charge in [0.05, 0.1) is 5.69 Å². The highest BCUT2D eigenvalue weighted by Crippen LogP contribution is 2.32. The molecule has 0 aliphatic heterocycles. The van der Waals surface area contributed by atoms with Crippen LogP contribution in [0.2, 0.25) is 5.02 Å². The zero-order chi connectivity index (χ0) is 15.8. The third-order valence-corrected chi connectivity index (χ3v) is 6.08. The van der Waals surface area contributed by atoms with Crippen LogP contribution < -0.4 is 4.72 Å². The minimum absolute atomic E-state index is 0.0625. The van der Waals surface area contributed by atoms with Crippen molar-refractivity contribution in [2.24, 2.45) is 0 Å². The van der Waals surface area contributed by atoms with Crippen molar-refractivity contribution in [2.45, 2.75) is 11.8 Å². The van der Waals surface area contributed by atoms with Gasteiger partial charge in [-0.3, -0.25) is 4.72 Å². The molecule has 0 spiro atoms. The molecule has 112 valence electrons. The second-order valence-electron chi connectivity index (χ2n) is 4.26. The summed E-state index contributed by atoms with van der Waals surface area (Å²) in [5.41, 5.74) is 1.12. The van der Waals surface area contributed by atoms with Gasteiger partial charge < -0.3 is 0 Å². The van der Waals surface area contributed by atoms with Crippen molar-refractivity contribution in [1.82, 2.24) is 0 Å². The molecule has 0 unspecified atom stereocenters. The van der Waals surface area contributed by atoms with Crippen molar-refractivity contribution in [3.8, 4) is 0 Å². The summed E-state index contributed by atoms with van der Waals surface area (Å²) >= 11 is 12.3. The van der Waals surface area contributed by atoms with E-state index >= 15 is 0 Å². The largest absolute Gasteiger partial charge is 0.278 e. The molecule has 3 nitrogen and oxygen atoms in total. The quantitative estimate of drug-likeness (QED) is 0.696. The number of halogens is 4. The summed E-state index contributed by atoms with van der Waals surface area (Å²) in [4.78, 5) is -0.0625. The molecule has 0 amide bonds. The van der Waals surface area contributed by atoms with Gasteiger partial charge in [0.2, 0.25) is 0 Å². The minimum Gasteiger partial charge on any atom is -0.278 e. The number of rotatable bonds is 3. The number of sulfonamides is 1. The lowest BCUT2D eigenvalue weighted by molar-refractivity contribution is 0.599. The number of hydrogen-bond acceptors (Lipinski definition) is 2. The number of benzene rings is 2. The highest BCUT2D eigenvalue weighted by Gasteiger charge is 2.19. The summed E-state index contributed by atoms with van der Waals surface area (Å²) < 4.78 is 40.9. The van der Waals surface area contributed by atoms with Crippen LogP contribution in [-0.2, 0) is 10.0 Å². The summed E-state index contributed by atoms with van der Waals surface area (Å²) in [5, 5.41) is 0.439. The van der Waals surface area contributed by atoms with E-state index in [9.17, 15) is 12.8 Å². The smallest absolute Gasteiger partial charge is 0.263 e. The second kappa shape index (κ2) is 6.24. The molecule has 0 aromatic heterocycles. The molecule has 8 heteroatoms. The fraction of sp³-hybridized carbons (Fsp3) is 0.0769. The van der Waals surface area contributed by atoms with E-state index in [1.54, 1.807) is 6.07 Å². The molecule has 0 saturated carbocycles. The fourth-order valence-corrected chi connectivity index (χ4v) is 4.59. The third kappa shape index (κ3) is 3.77. The van der Waals surface area contributed by atoms with E-state index in [0.717, 1.165) is 17.7 Å². The van der Waals surface area contributed by atoms with Gasteiger partial charge in [0.1, 0.15) is 10.7 Å². The number of aryl methyl sites for hydroxylation is 1. The molecule has 0 fully saturated rings. The normalized spacial score (nSPS) is 11.5. The van der Waals surface area contributed by atoms with Crippen molar-refractivity contribution in [3.05, 3.63) is 55.7 Å². The number of nitrogens with one attached hydrogen (secondary N) is 1. The van der Waals surface area contributed by atoms with Gasteiger partial charge in [0.15, 0.2) is 0 Å². The van der Waals surface area contributed by atoms with E-state index in [4.69, 9.17) is 11.6 Å². The number of hydrogen-bond donors (Lipinski definition) is 1. The Morgan fingerprint density at radius 2 is 1.81 bits per heavy atom. The maximum Gasteiger partial charge on any atom is 0.263 e.